The minimum Gasteiger partial charge on any atom is -0.439 e. The van der Waals surface area contributed by atoms with Gasteiger partial charge < -0.3 is 10.2 Å². The van der Waals surface area contributed by atoms with Gasteiger partial charge in [-0.2, -0.15) is 0 Å². The molecule has 5 nitrogen and oxygen atoms in total. The van der Waals surface area contributed by atoms with E-state index < -0.39 is 15.1 Å². The lowest BCUT2D eigenvalue weighted by Gasteiger charge is -2.18. The lowest BCUT2D eigenvalue weighted by Crippen LogP contribution is -2.21. The van der Waals surface area contributed by atoms with Crippen molar-refractivity contribution in [3.05, 3.63) is 24.1 Å². The van der Waals surface area contributed by atoms with Crippen molar-refractivity contribution < 1.29 is 12.8 Å². The molecule has 0 radical (unpaired) electrons. The van der Waals surface area contributed by atoms with Gasteiger partial charge in [-0.05, 0) is 25.0 Å². The number of aromatic nitrogens is 1. The second-order valence-electron chi connectivity index (χ2n) is 4.63. The molecule has 1 aromatic carbocycles. The lowest BCUT2D eigenvalue weighted by molar-refractivity contribution is 0.472. The van der Waals surface area contributed by atoms with E-state index in [1.807, 2.05) is 0 Å². The first-order chi connectivity index (χ1) is 8.56. The second-order valence-corrected chi connectivity index (χ2v) is 6.93. The fourth-order valence-electron chi connectivity index (χ4n) is 2.33. The van der Waals surface area contributed by atoms with E-state index in [0.717, 1.165) is 12.8 Å². The zero-order chi connectivity index (χ0) is 12.8. The summed E-state index contributed by atoms with van der Waals surface area (Å²) >= 11 is 0. The summed E-state index contributed by atoms with van der Waals surface area (Å²) in [5.41, 5.74) is 7.44. The molecular weight excluding hydrogens is 252 g/mol. The van der Waals surface area contributed by atoms with Crippen molar-refractivity contribution in [2.24, 2.45) is 0 Å². The Morgan fingerprint density at radius 3 is 2.94 bits per heavy atom. The van der Waals surface area contributed by atoms with Gasteiger partial charge >= 0.3 is 0 Å². The monoisotopic (exact) mass is 266 g/mol. The highest BCUT2D eigenvalue weighted by molar-refractivity contribution is 7.91. The van der Waals surface area contributed by atoms with Crippen molar-refractivity contribution in [3.8, 4) is 0 Å². The Hall–Kier alpha value is -1.56. The predicted molar refractivity (Wildman–Crippen MR) is 68.8 cm³/mol. The maximum atomic E-state index is 12.0. The summed E-state index contributed by atoms with van der Waals surface area (Å²) < 4.78 is 29.6. The average Bonchev–Trinajstić information content (AvgIpc) is 2.70. The molecule has 0 amide bonds. The van der Waals surface area contributed by atoms with E-state index in [1.165, 1.54) is 0 Å². The Bertz CT molecular complexity index is 690. The van der Waals surface area contributed by atoms with E-state index in [2.05, 4.69) is 4.98 Å². The number of hydrogen-bond donors (Lipinski definition) is 1. The number of nitrogen functional groups attached to an aromatic ring is 1. The molecule has 1 aromatic heterocycles. The molecule has 0 saturated carbocycles. The molecule has 1 saturated heterocycles. The average molecular weight is 266 g/mol. The smallest absolute Gasteiger partial charge is 0.213 e. The molecule has 2 heterocycles. The molecule has 0 aliphatic carbocycles. The van der Waals surface area contributed by atoms with Crippen LogP contribution in [0.4, 0.5) is 5.69 Å². The van der Waals surface area contributed by atoms with Gasteiger partial charge in [-0.25, -0.2) is 13.4 Å². The molecule has 1 fully saturated rings. The highest BCUT2D eigenvalue weighted by Gasteiger charge is 2.34. The Kier molecular flexibility index (Phi) is 2.55. The molecule has 2 N–H and O–H groups in total. The largest absolute Gasteiger partial charge is 0.439 e. The number of nitrogens with zero attached hydrogens (tertiary/aromatic N) is 1. The quantitative estimate of drug-likeness (QED) is 0.798. The van der Waals surface area contributed by atoms with Crippen molar-refractivity contribution in [1.29, 1.82) is 0 Å². The highest BCUT2D eigenvalue weighted by atomic mass is 32.2. The van der Waals surface area contributed by atoms with Crippen LogP contribution in [0.5, 0.6) is 0 Å². The van der Waals surface area contributed by atoms with Crippen molar-refractivity contribution >= 4 is 26.6 Å². The first kappa shape index (κ1) is 11.5. The lowest BCUT2D eigenvalue weighted by atomic mass is 10.2. The number of nitrogens with two attached hydrogens (primary N) is 1. The van der Waals surface area contributed by atoms with Crippen LogP contribution in [-0.4, -0.2) is 19.2 Å². The van der Waals surface area contributed by atoms with Crippen molar-refractivity contribution in [1.82, 2.24) is 4.98 Å². The van der Waals surface area contributed by atoms with Crippen molar-refractivity contribution in [2.75, 3.05) is 11.5 Å². The third-order valence-corrected chi connectivity index (χ3v) is 5.45. The zero-order valence-electron chi connectivity index (χ0n) is 9.80. The highest BCUT2D eigenvalue weighted by Crippen LogP contribution is 2.34. The predicted octanol–water partition coefficient (Wildman–Crippen LogP) is 2.05. The van der Waals surface area contributed by atoms with Gasteiger partial charge in [0.2, 0.25) is 5.89 Å². The van der Waals surface area contributed by atoms with Crippen LogP contribution in [0, 0.1) is 0 Å². The molecule has 2 aromatic rings. The van der Waals surface area contributed by atoms with Crippen LogP contribution in [0.3, 0.4) is 0 Å². The number of hydrogen-bond acceptors (Lipinski definition) is 5. The van der Waals surface area contributed by atoms with Gasteiger partial charge in [0.05, 0.1) is 5.75 Å². The SMILES string of the molecule is Nc1ccc2nc(C3CCCCS3(=O)=O)oc2c1. The molecule has 0 bridgehead atoms. The maximum Gasteiger partial charge on any atom is 0.213 e. The Morgan fingerprint density at radius 1 is 1.33 bits per heavy atom. The number of fused-ring (bicyclic) bond motifs is 1. The van der Waals surface area contributed by atoms with E-state index in [-0.39, 0.29) is 5.75 Å². The fourth-order valence-corrected chi connectivity index (χ4v) is 4.15. The maximum absolute atomic E-state index is 12.0. The molecule has 0 spiro atoms. The molecular formula is C12H14N2O3S. The number of sulfone groups is 1. The first-order valence-electron chi connectivity index (χ1n) is 5.94. The zero-order valence-corrected chi connectivity index (χ0v) is 10.6. The summed E-state index contributed by atoms with van der Waals surface area (Å²) in [6, 6.07) is 5.14. The molecule has 18 heavy (non-hydrogen) atoms. The van der Waals surface area contributed by atoms with E-state index in [4.69, 9.17) is 10.2 Å². The topological polar surface area (TPSA) is 86.2 Å². The van der Waals surface area contributed by atoms with E-state index in [1.54, 1.807) is 18.2 Å². The number of benzene rings is 1. The summed E-state index contributed by atoms with van der Waals surface area (Å²) in [6.45, 7) is 0. The Balaban J connectivity index is 2.08. The van der Waals surface area contributed by atoms with Crippen LogP contribution in [0.2, 0.25) is 0 Å². The van der Waals surface area contributed by atoms with Gasteiger partial charge in [0.25, 0.3) is 0 Å². The third-order valence-electron chi connectivity index (χ3n) is 3.28. The Morgan fingerprint density at radius 2 is 2.17 bits per heavy atom. The minimum absolute atomic E-state index is 0.221. The second kappa shape index (κ2) is 3.98. The molecule has 1 atom stereocenters. The summed E-state index contributed by atoms with van der Waals surface area (Å²) in [5, 5.41) is -0.597. The first-order valence-corrected chi connectivity index (χ1v) is 7.65. The van der Waals surface area contributed by atoms with Crippen LogP contribution in [0.1, 0.15) is 30.4 Å². The number of anilines is 1. The summed E-state index contributed by atoms with van der Waals surface area (Å²) in [5.74, 6) is 0.522. The molecule has 6 heteroatoms. The summed E-state index contributed by atoms with van der Waals surface area (Å²) in [4.78, 5) is 4.27. The van der Waals surface area contributed by atoms with Crippen LogP contribution in [0.25, 0.3) is 11.1 Å². The number of rotatable bonds is 1. The van der Waals surface area contributed by atoms with Crippen LogP contribution in [0.15, 0.2) is 22.6 Å². The van der Waals surface area contributed by atoms with Gasteiger partial charge in [-0.15, -0.1) is 0 Å². The molecule has 1 unspecified atom stereocenters. The molecule has 96 valence electrons. The minimum atomic E-state index is -3.12. The van der Waals surface area contributed by atoms with Gasteiger partial charge in [0, 0.05) is 11.8 Å². The van der Waals surface area contributed by atoms with Crippen LogP contribution in [-0.2, 0) is 9.84 Å². The summed E-state index contributed by atoms with van der Waals surface area (Å²) in [7, 11) is -3.12. The van der Waals surface area contributed by atoms with Gasteiger partial charge in [0.1, 0.15) is 10.8 Å². The summed E-state index contributed by atoms with van der Waals surface area (Å²) in [6.07, 6.45) is 2.21. The normalized spacial score (nSPS) is 23.2. The van der Waals surface area contributed by atoms with Crippen molar-refractivity contribution in [3.63, 3.8) is 0 Å². The van der Waals surface area contributed by atoms with E-state index in [9.17, 15) is 8.42 Å². The molecule has 3 rings (SSSR count). The van der Waals surface area contributed by atoms with E-state index >= 15 is 0 Å². The van der Waals surface area contributed by atoms with Crippen LogP contribution < -0.4 is 5.73 Å². The molecule has 1 aliphatic rings. The standard InChI is InChI=1S/C12H14N2O3S/c13-8-4-5-9-10(7-8)17-12(14-9)11-3-1-2-6-18(11,15)16/h4-5,7,11H,1-3,6,13H2. The third kappa shape index (κ3) is 1.86. The van der Waals surface area contributed by atoms with Gasteiger partial charge in [-0.3, -0.25) is 0 Å². The van der Waals surface area contributed by atoms with E-state index in [0.29, 0.717) is 29.1 Å². The number of oxazole rings is 1. The van der Waals surface area contributed by atoms with Gasteiger partial charge in [0.15, 0.2) is 15.4 Å². The molecule has 1 aliphatic heterocycles. The fraction of sp³-hybridized carbons (Fsp3) is 0.417. The van der Waals surface area contributed by atoms with Gasteiger partial charge in [-0.1, -0.05) is 6.42 Å². The Labute approximate surface area is 105 Å². The van der Waals surface area contributed by atoms with Crippen LogP contribution >= 0.6 is 0 Å². The van der Waals surface area contributed by atoms with Crippen molar-refractivity contribution in [2.45, 2.75) is 24.5 Å².